The van der Waals surface area contributed by atoms with Crippen molar-refractivity contribution in [2.24, 2.45) is 0 Å². The number of hydrogen-bond acceptors (Lipinski definition) is 3. The number of anilines is 1. The molecule has 3 N–H and O–H groups in total. The van der Waals surface area contributed by atoms with Gasteiger partial charge in [0.05, 0.1) is 0 Å². The monoisotopic (exact) mass is 310 g/mol. The molecule has 0 aromatic heterocycles. The molecule has 0 aliphatic rings. The lowest BCUT2D eigenvalue weighted by Gasteiger charge is -2.14. The minimum absolute atomic E-state index is 0.111. The predicted molar refractivity (Wildman–Crippen MR) is 87.0 cm³/mol. The Morgan fingerprint density at radius 2 is 1.95 bits per heavy atom. The van der Waals surface area contributed by atoms with Gasteiger partial charge in [-0.25, -0.2) is 4.79 Å². The van der Waals surface area contributed by atoms with E-state index >= 15 is 0 Å². The Morgan fingerprint density at radius 3 is 2.52 bits per heavy atom. The first-order valence-electron chi connectivity index (χ1n) is 6.88. The van der Waals surface area contributed by atoms with Gasteiger partial charge in [0, 0.05) is 18.2 Å². The molecule has 1 aromatic carbocycles. The van der Waals surface area contributed by atoms with E-state index in [-0.39, 0.29) is 18.5 Å². The number of carbonyl (C=O) groups excluding carboxylic acids is 1. The van der Waals surface area contributed by atoms with Gasteiger partial charge in [-0.2, -0.15) is 11.8 Å². The fraction of sp³-hybridized carbons (Fsp3) is 0.467. The lowest BCUT2D eigenvalue weighted by atomic mass is 10.1. The Hall–Kier alpha value is -1.69. The molecule has 5 nitrogen and oxygen atoms in total. The maximum absolute atomic E-state index is 11.8. The molecule has 1 aromatic rings. The summed E-state index contributed by atoms with van der Waals surface area (Å²) in [5, 5.41) is 14.3. The van der Waals surface area contributed by atoms with E-state index in [0.29, 0.717) is 12.1 Å². The number of rotatable bonds is 8. The molecule has 21 heavy (non-hydrogen) atoms. The van der Waals surface area contributed by atoms with Crippen LogP contribution in [0.5, 0.6) is 0 Å². The highest BCUT2D eigenvalue weighted by Gasteiger charge is 2.07. The number of aryl methyl sites for hydroxylation is 1. The highest BCUT2D eigenvalue weighted by Crippen LogP contribution is 2.11. The fourth-order valence-corrected chi connectivity index (χ4v) is 2.35. The van der Waals surface area contributed by atoms with Crippen molar-refractivity contribution in [3.8, 4) is 0 Å². The van der Waals surface area contributed by atoms with Gasteiger partial charge >= 0.3 is 12.0 Å². The normalized spacial score (nSPS) is 11.7. The number of nitrogens with one attached hydrogen (secondary N) is 2. The molecular weight excluding hydrogens is 288 g/mol. The molecule has 0 radical (unpaired) electrons. The van der Waals surface area contributed by atoms with Crippen molar-refractivity contribution < 1.29 is 14.7 Å². The summed E-state index contributed by atoms with van der Waals surface area (Å²) < 4.78 is 0. The molecule has 0 spiro atoms. The quantitative estimate of drug-likeness (QED) is 0.690. The summed E-state index contributed by atoms with van der Waals surface area (Å²) in [4.78, 5) is 22.3. The third kappa shape index (κ3) is 7.60. The molecule has 0 bridgehead atoms. The van der Waals surface area contributed by atoms with E-state index in [1.54, 1.807) is 23.9 Å². The van der Waals surface area contributed by atoms with Crippen molar-refractivity contribution in [3.63, 3.8) is 0 Å². The molecular formula is C15H22N2O3S. The van der Waals surface area contributed by atoms with Gasteiger partial charge in [0.15, 0.2) is 0 Å². The number of carboxylic acids is 1. The zero-order valence-corrected chi connectivity index (χ0v) is 13.2. The molecule has 0 fully saturated rings. The molecule has 0 heterocycles. The highest BCUT2D eigenvalue weighted by atomic mass is 32.2. The maximum atomic E-state index is 11.8. The Balaban J connectivity index is 2.40. The van der Waals surface area contributed by atoms with Crippen LogP contribution in [0.2, 0.25) is 0 Å². The average Bonchev–Trinajstić information content (AvgIpc) is 2.44. The van der Waals surface area contributed by atoms with Crippen molar-refractivity contribution >= 4 is 29.4 Å². The lowest BCUT2D eigenvalue weighted by Crippen LogP contribution is -2.36. The van der Waals surface area contributed by atoms with Crippen LogP contribution in [0.1, 0.15) is 25.3 Å². The van der Waals surface area contributed by atoms with E-state index in [0.717, 1.165) is 17.7 Å². The number of hydrogen-bond donors (Lipinski definition) is 3. The van der Waals surface area contributed by atoms with E-state index in [1.807, 2.05) is 25.3 Å². The van der Waals surface area contributed by atoms with E-state index < -0.39 is 5.97 Å². The molecule has 6 heteroatoms. The van der Waals surface area contributed by atoms with Crippen LogP contribution in [0.15, 0.2) is 24.3 Å². The summed E-state index contributed by atoms with van der Waals surface area (Å²) in [5.41, 5.74) is 1.64. The van der Waals surface area contributed by atoms with Gasteiger partial charge in [-0.1, -0.05) is 12.1 Å². The standard InChI is InChI=1S/C15H22N2O3S/c1-11(9-10-21-2)16-15(20)17-13-6-3-12(4-7-13)5-8-14(18)19/h3-4,6-7,11H,5,8-10H2,1-2H3,(H,18,19)(H2,16,17,20). The fourth-order valence-electron chi connectivity index (χ4n) is 1.76. The molecule has 0 saturated carbocycles. The van der Waals surface area contributed by atoms with Crippen LogP contribution in [-0.4, -0.2) is 35.2 Å². The number of amides is 2. The van der Waals surface area contributed by atoms with Gasteiger partial charge < -0.3 is 15.7 Å². The summed E-state index contributed by atoms with van der Waals surface area (Å²) in [6, 6.07) is 7.13. The second-order valence-corrected chi connectivity index (χ2v) is 5.86. The molecule has 1 unspecified atom stereocenters. The SMILES string of the molecule is CSCCC(C)NC(=O)Nc1ccc(CCC(=O)O)cc1. The van der Waals surface area contributed by atoms with E-state index in [9.17, 15) is 9.59 Å². The van der Waals surface area contributed by atoms with Crippen molar-refractivity contribution in [3.05, 3.63) is 29.8 Å². The van der Waals surface area contributed by atoms with Gasteiger partial charge in [-0.15, -0.1) is 0 Å². The Labute approximate surface area is 129 Å². The Kier molecular flexibility index (Phi) is 7.68. The second kappa shape index (κ2) is 9.28. The van der Waals surface area contributed by atoms with Crippen LogP contribution in [0.3, 0.4) is 0 Å². The van der Waals surface area contributed by atoms with Crippen LogP contribution in [-0.2, 0) is 11.2 Å². The number of aliphatic carboxylic acids is 1. The van der Waals surface area contributed by atoms with Crippen molar-refractivity contribution in [1.29, 1.82) is 0 Å². The smallest absolute Gasteiger partial charge is 0.319 e. The van der Waals surface area contributed by atoms with Crippen molar-refractivity contribution in [2.45, 2.75) is 32.2 Å². The summed E-state index contributed by atoms with van der Waals surface area (Å²) in [7, 11) is 0. The Morgan fingerprint density at radius 1 is 1.29 bits per heavy atom. The van der Waals surface area contributed by atoms with Gasteiger partial charge in [0.25, 0.3) is 0 Å². The minimum atomic E-state index is -0.809. The zero-order valence-electron chi connectivity index (χ0n) is 12.4. The number of benzene rings is 1. The number of carbonyl (C=O) groups is 2. The number of thioether (sulfide) groups is 1. The molecule has 0 aliphatic heterocycles. The van der Waals surface area contributed by atoms with Crippen LogP contribution in [0, 0.1) is 0 Å². The summed E-state index contributed by atoms with van der Waals surface area (Å²) >= 11 is 1.76. The third-order valence-electron chi connectivity index (χ3n) is 2.97. The van der Waals surface area contributed by atoms with Crippen LogP contribution < -0.4 is 10.6 Å². The lowest BCUT2D eigenvalue weighted by molar-refractivity contribution is -0.136. The summed E-state index contributed by atoms with van der Waals surface area (Å²) in [6.07, 6.45) is 3.58. The van der Waals surface area contributed by atoms with Gasteiger partial charge in [0.1, 0.15) is 0 Å². The van der Waals surface area contributed by atoms with E-state index in [1.165, 1.54) is 0 Å². The van der Waals surface area contributed by atoms with Crippen molar-refractivity contribution in [2.75, 3.05) is 17.3 Å². The first-order chi connectivity index (χ1) is 10.0. The number of carboxylic acid groups (broad SMARTS) is 1. The molecule has 1 atom stereocenters. The van der Waals surface area contributed by atoms with Gasteiger partial charge in [-0.3, -0.25) is 4.79 Å². The minimum Gasteiger partial charge on any atom is -0.481 e. The molecule has 116 valence electrons. The van der Waals surface area contributed by atoms with E-state index in [2.05, 4.69) is 10.6 Å². The van der Waals surface area contributed by atoms with Crippen LogP contribution in [0.4, 0.5) is 10.5 Å². The highest BCUT2D eigenvalue weighted by molar-refractivity contribution is 7.98. The summed E-state index contributed by atoms with van der Waals surface area (Å²) in [6.45, 7) is 1.98. The van der Waals surface area contributed by atoms with Gasteiger partial charge in [0.2, 0.25) is 0 Å². The zero-order chi connectivity index (χ0) is 15.7. The molecule has 0 saturated heterocycles. The maximum Gasteiger partial charge on any atom is 0.319 e. The molecule has 0 aliphatic carbocycles. The first-order valence-corrected chi connectivity index (χ1v) is 8.28. The second-order valence-electron chi connectivity index (χ2n) is 4.87. The predicted octanol–water partition coefficient (Wildman–Crippen LogP) is 2.97. The molecule has 2 amide bonds. The van der Waals surface area contributed by atoms with Crippen LogP contribution in [0.25, 0.3) is 0 Å². The molecule has 1 rings (SSSR count). The average molecular weight is 310 g/mol. The van der Waals surface area contributed by atoms with E-state index in [4.69, 9.17) is 5.11 Å². The third-order valence-corrected chi connectivity index (χ3v) is 3.62. The summed E-state index contributed by atoms with van der Waals surface area (Å²) in [5.74, 6) is 0.204. The Bertz CT molecular complexity index is 462. The largest absolute Gasteiger partial charge is 0.481 e. The van der Waals surface area contributed by atoms with Crippen molar-refractivity contribution in [1.82, 2.24) is 5.32 Å². The number of urea groups is 1. The first kappa shape index (κ1) is 17.4. The van der Waals surface area contributed by atoms with Gasteiger partial charge in [-0.05, 0) is 49.5 Å². The van der Waals surface area contributed by atoms with Crippen LogP contribution >= 0.6 is 11.8 Å². The topological polar surface area (TPSA) is 78.4 Å².